The molecule has 2 heterocycles. The summed E-state index contributed by atoms with van der Waals surface area (Å²) >= 11 is 1.14. The number of amides is 3. The Kier molecular flexibility index (Phi) is 3.77. The van der Waals surface area contributed by atoms with Crippen molar-refractivity contribution in [1.82, 2.24) is 14.6 Å². The van der Waals surface area contributed by atoms with Crippen molar-refractivity contribution in [3.63, 3.8) is 0 Å². The number of urea groups is 1. The number of benzene rings is 1. The Balaban J connectivity index is 1.89. The van der Waals surface area contributed by atoms with Gasteiger partial charge in [-0.3, -0.25) is 9.69 Å². The molecule has 1 aromatic heterocycles. The summed E-state index contributed by atoms with van der Waals surface area (Å²) in [6.07, 6.45) is 0. The Labute approximate surface area is 136 Å². The SMILES string of the molecule is COc1cc(CN2C(=O)NC(C)(c3ccccc3F)C2=O)sn1. The van der Waals surface area contributed by atoms with E-state index in [1.165, 1.54) is 32.2 Å². The van der Waals surface area contributed by atoms with Crippen molar-refractivity contribution in [3.8, 4) is 5.88 Å². The van der Waals surface area contributed by atoms with E-state index in [-0.39, 0.29) is 12.1 Å². The molecule has 0 radical (unpaired) electrons. The van der Waals surface area contributed by atoms with Crippen LogP contribution in [0.1, 0.15) is 17.4 Å². The lowest BCUT2D eigenvalue weighted by Gasteiger charge is -2.22. The van der Waals surface area contributed by atoms with Crippen molar-refractivity contribution in [2.24, 2.45) is 0 Å². The number of nitrogens with zero attached hydrogens (tertiary/aromatic N) is 2. The van der Waals surface area contributed by atoms with Gasteiger partial charge in [0, 0.05) is 16.5 Å². The number of imide groups is 1. The van der Waals surface area contributed by atoms with Crippen LogP contribution in [0.4, 0.5) is 9.18 Å². The van der Waals surface area contributed by atoms with Gasteiger partial charge in [-0.05, 0) is 24.5 Å². The molecule has 0 saturated carbocycles. The quantitative estimate of drug-likeness (QED) is 0.870. The zero-order chi connectivity index (χ0) is 16.6. The molecular weight excluding hydrogens is 321 g/mol. The fraction of sp³-hybridized carbons (Fsp3) is 0.267. The molecule has 1 aliphatic heterocycles. The largest absolute Gasteiger partial charge is 0.480 e. The van der Waals surface area contributed by atoms with Crippen LogP contribution in [0.25, 0.3) is 0 Å². The molecule has 6 nitrogen and oxygen atoms in total. The number of ether oxygens (including phenoxy) is 1. The van der Waals surface area contributed by atoms with Crippen molar-refractivity contribution in [2.45, 2.75) is 19.0 Å². The first-order chi connectivity index (χ1) is 11.0. The summed E-state index contributed by atoms with van der Waals surface area (Å²) in [6, 6.07) is 7.01. The van der Waals surface area contributed by atoms with Gasteiger partial charge in [-0.15, -0.1) is 0 Å². The number of carbonyl (C=O) groups is 2. The summed E-state index contributed by atoms with van der Waals surface area (Å²) in [5.41, 5.74) is -1.28. The van der Waals surface area contributed by atoms with Crippen molar-refractivity contribution in [1.29, 1.82) is 0 Å². The summed E-state index contributed by atoms with van der Waals surface area (Å²) in [5.74, 6) is -0.612. The van der Waals surface area contributed by atoms with E-state index >= 15 is 0 Å². The molecule has 0 spiro atoms. The van der Waals surface area contributed by atoms with Gasteiger partial charge in [0.05, 0.1) is 13.7 Å². The van der Waals surface area contributed by atoms with E-state index in [1.54, 1.807) is 12.1 Å². The maximum Gasteiger partial charge on any atom is 0.325 e. The highest BCUT2D eigenvalue weighted by Crippen LogP contribution is 2.32. The fourth-order valence-corrected chi connectivity index (χ4v) is 3.19. The van der Waals surface area contributed by atoms with Gasteiger partial charge in [-0.25, -0.2) is 9.18 Å². The number of nitrogens with one attached hydrogen (secondary N) is 1. The van der Waals surface area contributed by atoms with Crippen LogP contribution >= 0.6 is 11.5 Å². The monoisotopic (exact) mass is 335 g/mol. The Morgan fingerprint density at radius 3 is 2.78 bits per heavy atom. The van der Waals surface area contributed by atoms with E-state index in [9.17, 15) is 14.0 Å². The maximum atomic E-state index is 14.0. The lowest BCUT2D eigenvalue weighted by atomic mass is 9.91. The fourth-order valence-electron chi connectivity index (χ4n) is 2.51. The number of halogens is 1. The Bertz CT molecular complexity index is 779. The van der Waals surface area contributed by atoms with Crippen LogP contribution in [0.5, 0.6) is 5.88 Å². The molecule has 1 aliphatic rings. The van der Waals surface area contributed by atoms with E-state index in [4.69, 9.17) is 4.74 Å². The van der Waals surface area contributed by atoms with Crippen molar-refractivity contribution in [3.05, 3.63) is 46.6 Å². The van der Waals surface area contributed by atoms with Crippen LogP contribution in [0.15, 0.2) is 30.3 Å². The maximum absolute atomic E-state index is 14.0. The third-order valence-electron chi connectivity index (χ3n) is 3.75. The lowest BCUT2D eigenvalue weighted by molar-refractivity contribution is -0.131. The summed E-state index contributed by atoms with van der Waals surface area (Å²) in [4.78, 5) is 26.6. The number of hydrogen-bond acceptors (Lipinski definition) is 5. The minimum Gasteiger partial charge on any atom is -0.480 e. The summed E-state index contributed by atoms with van der Waals surface area (Å²) in [6.45, 7) is 1.56. The van der Waals surface area contributed by atoms with Crippen molar-refractivity contribution in [2.75, 3.05) is 7.11 Å². The first-order valence-electron chi connectivity index (χ1n) is 6.84. The number of rotatable bonds is 4. The van der Waals surface area contributed by atoms with Crippen LogP contribution < -0.4 is 10.1 Å². The summed E-state index contributed by atoms with van der Waals surface area (Å²) < 4.78 is 23.1. The zero-order valence-corrected chi connectivity index (χ0v) is 13.3. The molecule has 1 aromatic carbocycles. The van der Waals surface area contributed by atoms with Gasteiger partial charge < -0.3 is 10.1 Å². The molecular formula is C15H14FN3O3S. The molecule has 1 fully saturated rings. The van der Waals surface area contributed by atoms with E-state index in [1.807, 2.05) is 0 Å². The molecule has 8 heteroatoms. The normalized spacial score (nSPS) is 20.7. The molecule has 3 amide bonds. The highest BCUT2D eigenvalue weighted by molar-refractivity contribution is 7.05. The molecule has 0 bridgehead atoms. The van der Waals surface area contributed by atoms with E-state index in [0.29, 0.717) is 10.8 Å². The van der Waals surface area contributed by atoms with Crippen molar-refractivity contribution >= 4 is 23.5 Å². The third kappa shape index (κ3) is 2.55. The standard InChI is InChI=1S/C15H14FN3O3S/c1-15(10-5-3-4-6-11(10)16)13(20)19(14(21)17-15)8-9-7-12(22-2)18-23-9/h3-7H,8H2,1-2H3,(H,17,21). The predicted octanol–water partition coefficient (Wildman–Crippen LogP) is 2.26. The van der Waals surface area contributed by atoms with Crippen LogP contribution in [-0.4, -0.2) is 28.3 Å². The van der Waals surface area contributed by atoms with Gasteiger partial charge in [0.25, 0.3) is 5.91 Å². The van der Waals surface area contributed by atoms with Gasteiger partial charge in [-0.2, -0.15) is 4.37 Å². The average Bonchev–Trinajstić information content (AvgIpc) is 3.07. The average molecular weight is 335 g/mol. The van der Waals surface area contributed by atoms with Gasteiger partial charge in [0.2, 0.25) is 5.88 Å². The van der Waals surface area contributed by atoms with E-state index in [2.05, 4.69) is 9.69 Å². The molecule has 23 heavy (non-hydrogen) atoms. The number of carbonyl (C=O) groups excluding carboxylic acids is 2. The molecule has 0 aliphatic carbocycles. The topological polar surface area (TPSA) is 71.5 Å². The van der Waals surface area contributed by atoms with Crippen LogP contribution in [-0.2, 0) is 16.9 Å². The predicted molar refractivity (Wildman–Crippen MR) is 81.5 cm³/mol. The number of hydrogen-bond donors (Lipinski definition) is 1. The molecule has 1 saturated heterocycles. The molecule has 1 N–H and O–H groups in total. The van der Waals surface area contributed by atoms with E-state index < -0.39 is 23.3 Å². The Hall–Kier alpha value is -2.48. The molecule has 1 unspecified atom stereocenters. The van der Waals surface area contributed by atoms with Crippen molar-refractivity contribution < 1.29 is 18.7 Å². The van der Waals surface area contributed by atoms with Gasteiger partial charge in [0.15, 0.2) is 0 Å². The Morgan fingerprint density at radius 2 is 2.13 bits per heavy atom. The first kappa shape index (κ1) is 15.4. The smallest absolute Gasteiger partial charge is 0.325 e. The first-order valence-corrected chi connectivity index (χ1v) is 7.62. The van der Waals surface area contributed by atoms with Gasteiger partial charge in [0.1, 0.15) is 11.4 Å². The second kappa shape index (κ2) is 5.62. The molecule has 2 aromatic rings. The second-order valence-corrected chi connectivity index (χ2v) is 6.15. The van der Waals surface area contributed by atoms with Gasteiger partial charge in [-0.1, -0.05) is 18.2 Å². The van der Waals surface area contributed by atoms with E-state index in [0.717, 1.165) is 16.4 Å². The van der Waals surface area contributed by atoms with Crippen LogP contribution in [0.3, 0.4) is 0 Å². The number of aromatic nitrogens is 1. The lowest BCUT2D eigenvalue weighted by Crippen LogP contribution is -2.41. The van der Waals surface area contributed by atoms with Crippen LogP contribution in [0, 0.1) is 5.82 Å². The minimum atomic E-state index is -1.42. The zero-order valence-electron chi connectivity index (χ0n) is 12.5. The van der Waals surface area contributed by atoms with Gasteiger partial charge >= 0.3 is 6.03 Å². The van der Waals surface area contributed by atoms with Crippen LogP contribution in [0.2, 0.25) is 0 Å². The molecule has 3 rings (SSSR count). The molecule has 1 atom stereocenters. The summed E-state index contributed by atoms with van der Waals surface area (Å²) in [7, 11) is 1.49. The summed E-state index contributed by atoms with van der Waals surface area (Å²) in [5, 5.41) is 2.58. The Morgan fingerprint density at radius 1 is 1.39 bits per heavy atom. The third-order valence-corrected chi connectivity index (χ3v) is 4.50. The highest BCUT2D eigenvalue weighted by Gasteiger charge is 2.50. The molecule has 120 valence electrons. The second-order valence-electron chi connectivity index (χ2n) is 5.26. The number of methoxy groups -OCH3 is 1. The minimum absolute atomic E-state index is 0.0652. The highest BCUT2D eigenvalue weighted by atomic mass is 32.1.